The molecule has 27 heavy (non-hydrogen) atoms. The summed E-state index contributed by atoms with van der Waals surface area (Å²) in [6.45, 7) is 5.56. The maximum absolute atomic E-state index is 12.6. The van der Waals surface area contributed by atoms with Crippen molar-refractivity contribution in [1.29, 1.82) is 0 Å². The number of rotatable bonds is 5. The van der Waals surface area contributed by atoms with E-state index in [1.807, 2.05) is 42.2 Å². The van der Waals surface area contributed by atoms with Crippen LogP contribution in [0.5, 0.6) is 0 Å². The fourth-order valence-corrected chi connectivity index (χ4v) is 4.17. The van der Waals surface area contributed by atoms with Crippen LogP contribution in [0.15, 0.2) is 18.3 Å². The molecule has 0 spiro atoms. The van der Waals surface area contributed by atoms with E-state index in [1.165, 1.54) is 38.6 Å². The Kier molecular flexibility index (Phi) is 7.33. The van der Waals surface area contributed by atoms with Gasteiger partial charge in [-0.05, 0) is 43.4 Å². The topological polar surface area (TPSA) is 51.7 Å². The van der Waals surface area contributed by atoms with Gasteiger partial charge in [0.05, 0.1) is 0 Å². The molecule has 1 aliphatic carbocycles. The molecule has 1 saturated heterocycles. The van der Waals surface area contributed by atoms with Crippen molar-refractivity contribution < 1.29 is 4.79 Å². The molecule has 1 aromatic heterocycles. The Morgan fingerprint density at radius 1 is 1.11 bits per heavy atom. The molecule has 2 amide bonds. The molecule has 2 fully saturated rings. The van der Waals surface area contributed by atoms with E-state index in [2.05, 4.69) is 15.2 Å². The largest absolute Gasteiger partial charge is 0.363 e. The first kappa shape index (κ1) is 19.9. The molecular weight excluding hydrogens is 338 g/mol. The molecule has 150 valence electrons. The van der Waals surface area contributed by atoms with Gasteiger partial charge in [0.1, 0.15) is 5.82 Å². The second kappa shape index (κ2) is 9.93. The summed E-state index contributed by atoms with van der Waals surface area (Å²) in [6, 6.07) is 4.05. The van der Waals surface area contributed by atoms with Crippen LogP contribution in [-0.4, -0.2) is 67.6 Å². The zero-order valence-corrected chi connectivity index (χ0v) is 17.0. The SMILES string of the molecule is CN(C)c1ccc(CNC(=O)N2CCCN(CC3CCCCC3)CC2)cn1. The first-order valence-corrected chi connectivity index (χ1v) is 10.5. The van der Waals surface area contributed by atoms with Crippen molar-refractivity contribution in [3.63, 3.8) is 0 Å². The van der Waals surface area contributed by atoms with Gasteiger partial charge < -0.3 is 20.0 Å². The van der Waals surface area contributed by atoms with Gasteiger partial charge in [-0.1, -0.05) is 25.3 Å². The number of hydrogen-bond acceptors (Lipinski definition) is 4. The summed E-state index contributed by atoms with van der Waals surface area (Å²) >= 11 is 0. The van der Waals surface area contributed by atoms with Gasteiger partial charge in [-0.2, -0.15) is 0 Å². The highest BCUT2D eigenvalue weighted by Gasteiger charge is 2.22. The van der Waals surface area contributed by atoms with Crippen LogP contribution in [0.4, 0.5) is 10.6 Å². The maximum atomic E-state index is 12.6. The van der Waals surface area contributed by atoms with Crippen LogP contribution in [0.1, 0.15) is 44.1 Å². The van der Waals surface area contributed by atoms with Crippen molar-refractivity contribution in [3.8, 4) is 0 Å². The molecule has 0 aromatic carbocycles. The third-order valence-electron chi connectivity index (χ3n) is 5.83. The van der Waals surface area contributed by atoms with Crippen molar-refractivity contribution in [1.82, 2.24) is 20.1 Å². The summed E-state index contributed by atoms with van der Waals surface area (Å²) < 4.78 is 0. The second-order valence-electron chi connectivity index (χ2n) is 8.22. The molecule has 3 rings (SSSR count). The van der Waals surface area contributed by atoms with Gasteiger partial charge in [-0.25, -0.2) is 9.78 Å². The van der Waals surface area contributed by atoms with Gasteiger partial charge in [-0.15, -0.1) is 0 Å². The highest BCUT2D eigenvalue weighted by molar-refractivity contribution is 5.74. The predicted octanol–water partition coefficient (Wildman–Crippen LogP) is 2.95. The van der Waals surface area contributed by atoms with Crippen LogP contribution in [0, 0.1) is 5.92 Å². The van der Waals surface area contributed by atoms with E-state index in [4.69, 9.17) is 0 Å². The molecule has 1 saturated carbocycles. The molecule has 2 heterocycles. The monoisotopic (exact) mass is 373 g/mol. The van der Waals surface area contributed by atoms with Gasteiger partial charge in [0.25, 0.3) is 0 Å². The van der Waals surface area contributed by atoms with Gasteiger partial charge in [0.2, 0.25) is 0 Å². The Morgan fingerprint density at radius 2 is 1.93 bits per heavy atom. The van der Waals surface area contributed by atoms with E-state index in [9.17, 15) is 4.79 Å². The summed E-state index contributed by atoms with van der Waals surface area (Å²) in [7, 11) is 3.95. The van der Waals surface area contributed by atoms with Crippen LogP contribution in [0.3, 0.4) is 0 Å². The quantitative estimate of drug-likeness (QED) is 0.862. The van der Waals surface area contributed by atoms with Gasteiger partial charge in [-0.3, -0.25) is 0 Å². The zero-order valence-electron chi connectivity index (χ0n) is 17.0. The summed E-state index contributed by atoms with van der Waals surface area (Å²) in [5, 5.41) is 3.06. The summed E-state index contributed by atoms with van der Waals surface area (Å²) in [5.41, 5.74) is 1.03. The molecular formula is C21H35N5O. The van der Waals surface area contributed by atoms with Gasteiger partial charge in [0.15, 0.2) is 0 Å². The minimum atomic E-state index is 0.0474. The molecule has 6 heteroatoms. The number of nitrogens with zero attached hydrogens (tertiary/aromatic N) is 4. The number of urea groups is 1. The lowest BCUT2D eigenvalue weighted by atomic mass is 9.89. The standard InChI is InChI=1S/C21H35N5O/c1-24(2)20-10-9-19(15-22-20)16-23-21(27)26-12-6-11-25(13-14-26)17-18-7-4-3-5-8-18/h9-10,15,18H,3-8,11-14,16-17H2,1-2H3,(H,23,27). The van der Waals surface area contributed by atoms with Gasteiger partial charge in [0, 0.05) is 53.0 Å². The van der Waals surface area contributed by atoms with E-state index in [0.717, 1.165) is 49.9 Å². The van der Waals surface area contributed by atoms with Crippen molar-refractivity contribution in [3.05, 3.63) is 23.9 Å². The Bertz CT molecular complexity index is 583. The van der Waals surface area contributed by atoms with Gasteiger partial charge >= 0.3 is 6.03 Å². The lowest BCUT2D eigenvalue weighted by Crippen LogP contribution is -2.42. The van der Waals surface area contributed by atoms with E-state index < -0.39 is 0 Å². The van der Waals surface area contributed by atoms with Crippen LogP contribution in [0.25, 0.3) is 0 Å². The van der Waals surface area contributed by atoms with Crippen molar-refractivity contribution in [2.45, 2.75) is 45.1 Å². The maximum Gasteiger partial charge on any atom is 0.317 e. The van der Waals surface area contributed by atoms with E-state index in [-0.39, 0.29) is 6.03 Å². The minimum Gasteiger partial charge on any atom is -0.363 e. The average molecular weight is 374 g/mol. The highest BCUT2D eigenvalue weighted by Crippen LogP contribution is 2.24. The van der Waals surface area contributed by atoms with Crippen molar-refractivity contribution >= 4 is 11.8 Å². The Labute approximate surface area is 163 Å². The molecule has 2 aliphatic rings. The first-order chi connectivity index (χ1) is 13.1. The van der Waals surface area contributed by atoms with Crippen LogP contribution < -0.4 is 10.2 Å². The molecule has 0 radical (unpaired) electrons. The molecule has 1 N–H and O–H groups in total. The normalized spacial score (nSPS) is 19.6. The fraction of sp³-hybridized carbons (Fsp3) is 0.714. The summed E-state index contributed by atoms with van der Waals surface area (Å²) in [6.07, 6.45) is 9.90. The number of aromatic nitrogens is 1. The smallest absolute Gasteiger partial charge is 0.317 e. The molecule has 0 bridgehead atoms. The molecule has 1 aliphatic heterocycles. The number of amides is 2. The number of pyridine rings is 1. The molecule has 1 aromatic rings. The third kappa shape index (κ3) is 6.09. The molecule has 0 unspecified atom stereocenters. The Balaban J connectivity index is 1.42. The number of carbonyl (C=O) groups excluding carboxylic acids is 1. The third-order valence-corrected chi connectivity index (χ3v) is 5.83. The van der Waals surface area contributed by atoms with E-state index >= 15 is 0 Å². The molecule has 6 nitrogen and oxygen atoms in total. The van der Waals surface area contributed by atoms with Crippen LogP contribution in [0.2, 0.25) is 0 Å². The Morgan fingerprint density at radius 3 is 2.63 bits per heavy atom. The van der Waals surface area contributed by atoms with Crippen molar-refractivity contribution in [2.24, 2.45) is 5.92 Å². The van der Waals surface area contributed by atoms with E-state index in [0.29, 0.717) is 6.54 Å². The van der Waals surface area contributed by atoms with E-state index in [1.54, 1.807) is 0 Å². The fourth-order valence-electron chi connectivity index (χ4n) is 4.17. The lowest BCUT2D eigenvalue weighted by molar-refractivity contribution is 0.189. The summed E-state index contributed by atoms with van der Waals surface area (Å²) in [4.78, 5) is 23.5. The number of nitrogens with one attached hydrogen (secondary N) is 1. The number of anilines is 1. The minimum absolute atomic E-state index is 0.0474. The van der Waals surface area contributed by atoms with Crippen LogP contribution >= 0.6 is 0 Å². The zero-order chi connectivity index (χ0) is 19.1. The first-order valence-electron chi connectivity index (χ1n) is 10.5. The number of hydrogen-bond donors (Lipinski definition) is 1. The Hall–Kier alpha value is -1.82. The average Bonchev–Trinajstić information content (AvgIpc) is 2.93. The highest BCUT2D eigenvalue weighted by atomic mass is 16.2. The molecule has 0 atom stereocenters. The number of carbonyl (C=O) groups is 1. The van der Waals surface area contributed by atoms with Crippen molar-refractivity contribution in [2.75, 3.05) is 51.7 Å². The second-order valence-corrected chi connectivity index (χ2v) is 8.22. The van der Waals surface area contributed by atoms with Crippen LogP contribution in [-0.2, 0) is 6.54 Å². The summed E-state index contributed by atoms with van der Waals surface area (Å²) in [5.74, 6) is 1.80. The lowest BCUT2D eigenvalue weighted by Gasteiger charge is -2.28. The predicted molar refractivity (Wildman–Crippen MR) is 110 cm³/mol.